The maximum Gasteiger partial charge on any atom is 0.225 e. The van der Waals surface area contributed by atoms with Gasteiger partial charge in [0.05, 0.1) is 17.1 Å². The molecule has 0 spiro atoms. The van der Waals surface area contributed by atoms with E-state index in [9.17, 15) is 4.79 Å². The van der Waals surface area contributed by atoms with Gasteiger partial charge in [-0.25, -0.2) is 4.98 Å². The van der Waals surface area contributed by atoms with Gasteiger partial charge >= 0.3 is 0 Å². The lowest BCUT2D eigenvalue weighted by atomic mass is 10.1. The highest BCUT2D eigenvalue weighted by atomic mass is 32.1. The highest BCUT2D eigenvalue weighted by Crippen LogP contribution is 2.18. The van der Waals surface area contributed by atoms with Crippen LogP contribution in [0, 0.1) is 19.8 Å². The third-order valence-electron chi connectivity index (χ3n) is 4.10. The number of ether oxygens (including phenoxy) is 1. The first-order valence-electron chi connectivity index (χ1n) is 7.99. The smallest absolute Gasteiger partial charge is 0.225 e. The summed E-state index contributed by atoms with van der Waals surface area (Å²) in [7, 11) is 1.74. The van der Waals surface area contributed by atoms with E-state index in [1.54, 1.807) is 18.4 Å². The molecule has 0 radical (unpaired) electrons. The maximum atomic E-state index is 12.1. The SMILES string of the molecule is COCCCN1CC[C@H](CNC(=O)Cc2sc(C)nc2C)C1. The maximum absolute atomic E-state index is 12.1. The minimum absolute atomic E-state index is 0.115. The number of aryl methyl sites for hydroxylation is 2. The second-order valence-electron chi connectivity index (χ2n) is 6.02. The molecule has 1 aliphatic rings. The molecule has 6 heteroatoms. The number of hydrogen-bond acceptors (Lipinski definition) is 5. The van der Waals surface area contributed by atoms with E-state index < -0.39 is 0 Å². The molecule has 1 saturated heterocycles. The van der Waals surface area contributed by atoms with Gasteiger partial charge in [-0.2, -0.15) is 0 Å². The lowest BCUT2D eigenvalue weighted by molar-refractivity contribution is -0.120. The summed E-state index contributed by atoms with van der Waals surface area (Å²) in [5.74, 6) is 0.695. The summed E-state index contributed by atoms with van der Waals surface area (Å²) < 4.78 is 5.09. The van der Waals surface area contributed by atoms with Crippen LogP contribution in [0.4, 0.5) is 0 Å². The molecule has 0 aromatic carbocycles. The summed E-state index contributed by atoms with van der Waals surface area (Å²) in [6.45, 7) is 8.89. The van der Waals surface area contributed by atoms with Crippen molar-refractivity contribution in [2.45, 2.75) is 33.1 Å². The molecule has 0 bridgehead atoms. The standard InChI is InChI=1S/C16H27N3O2S/c1-12-15(22-13(2)18-12)9-16(20)17-10-14-5-7-19(11-14)6-4-8-21-3/h14H,4-11H2,1-3H3,(H,17,20)/t14-/m1/s1. The van der Waals surface area contributed by atoms with Crippen molar-refractivity contribution < 1.29 is 9.53 Å². The molecule has 0 aliphatic carbocycles. The van der Waals surface area contributed by atoms with Crippen LogP contribution >= 0.6 is 11.3 Å². The first kappa shape index (κ1) is 17.4. The van der Waals surface area contributed by atoms with Crippen LogP contribution in [0.15, 0.2) is 0 Å². The van der Waals surface area contributed by atoms with E-state index in [2.05, 4.69) is 15.2 Å². The summed E-state index contributed by atoms with van der Waals surface area (Å²) in [5, 5.41) is 4.12. The number of nitrogens with one attached hydrogen (secondary N) is 1. The van der Waals surface area contributed by atoms with E-state index in [0.717, 1.165) is 54.8 Å². The van der Waals surface area contributed by atoms with Crippen LogP contribution in [0.5, 0.6) is 0 Å². The van der Waals surface area contributed by atoms with E-state index >= 15 is 0 Å². The molecule has 1 aromatic heterocycles. The monoisotopic (exact) mass is 325 g/mol. The molecule has 5 nitrogen and oxygen atoms in total. The van der Waals surface area contributed by atoms with Crippen LogP contribution in [0.25, 0.3) is 0 Å². The van der Waals surface area contributed by atoms with Crippen LogP contribution in [0.2, 0.25) is 0 Å². The number of nitrogens with zero attached hydrogens (tertiary/aromatic N) is 2. The van der Waals surface area contributed by atoms with Crippen LogP contribution in [-0.2, 0) is 16.0 Å². The molecule has 2 heterocycles. The van der Waals surface area contributed by atoms with Gasteiger partial charge in [-0.1, -0.05) is 0 Å². The Balaban J connectivity index is 1.66. The highest BCUT2D eigenvalue weighted by Gasteiger charge is 2.22. The lowest BCUT2D eigenvalue weighted by Gasteiger charge is -2.16. The van der Waals surface area contributed by atoms with Crippen LogP contribution in [0.1, 0.15) is 28.4 Å². The van der Waals surface area contributed by atoms with Crippen molar-refractivity contribution >= 4 is 17.2 Å². The van der Waals surface area contributed by atoms with Gasteiger partial charge in [-0.05, 0) is 39.2 Å². The Morgan fingerprint density at radius 2 is 2.32 bits per heavy atom. The van der Waals surface area contributed by atoms with Crippen molar-refractivity contribution in [3.8, 4) is 0 Å². The number of hydrogen-bond donors (Lipinski definition) is 1. The Kier molecular flexibility index (Phi) is 6.79. The molecule has 0 unspecified atom stereocenters. The fourth-order valence-electron chi connectivity index (χ4n) is 2.92. The average molecular weight is 325 g/mol. The summed E-state index contributed by atoms with van der Waals surface area (Å²) in [5.41, 5.74) is 0.989. The minimum Gasteiger partial charge on any atom is -0.385 e. The first-order valence-corrected chi connectivity index (χ1v) is 8.81. The number of thiazole rings is 1. The van der Waals surface area contributed by atoms with E-state index in [1.165, 1.54) is 6.42 Å². The van der Waals surface area contributed by atoms with Gasteiger partial charge < -0.3 is 15.0 Å². The zero-order valence-electron chi connectivity index (χ0n) is 13.9. The molecular formula is C16H27N3O2S. The molecule has 124 valence electrons. The Morgan fingerprint density at radius 1 is 1.50 bits per heavy atom. The normalized spacial score (nSPS) is 18.8. The average Bonchev–Trinajstić information content (AvgIpc) is 3.04. The molecule has 1 aromatic rings. The molecule has 1 N–H and O–H groups in total. The van der Waals surface area contributed by atoms with E-state index in [-0.39, 0.29) is 5.91 Å². The van der Waals surface area contributed by atoms with Crippen LogP contribution < -0.4 is 5.32 Å². The van der Waals surface area contributed by atoms with Gasteiger partial charge in [0.1, 0.15) is 0 Å². The van der Waals surface area contributed by atoms with Gasteiger partial charge in [0.15, 0.2) is 0 Å². The van der Waals surface area contributed by atoms with E-state index in [1.807, 2.05) is 13.8 Å². The van der Waals surface area contributed by atoms with Crippen LogP contribution in [-0.4, -0.2) is 55.7 Å². The molecule has 1 atom stereocenters. The quantitative estimate of drug-likeness (QED) is 0.740. The summed E-state index contributed by atoms with van der Waals surface area (Å²) in [6, 6.07) is 0. The zero-order chi connectivity index (χ0) is 15.9. The molecule has 22 heavy (non-hydrogen) atoms. The van der Waals surface area contributed by atoms with Gasteiger partial charge in [-0.15, -0.1) is 11.3 Å². The Morgan fingerprint density at radius 3 is 3.00 bits per heavy atom. The van der Waals surface area contributed by atoms with Crippen LogP contribution in [0.3, 0.4) is 0 Å². The lowest BCUT2D eigenvalue weighted by Crippen LogP contribution is -2.32. The van der Waals surface area contributed by atoms with Crippen molar-refractivity contribution in [1.29, 1.82) is 0 Å². The number of methoxy groups -OCH3 is 1. The van der Waals surface area contributed by atoms with Crippen molar-refractivity contribution in [1.82, 2.24) is 15.2 Å². The molecular weight excluding hydrogens is 298 g/mol. The van der Waals surface area contributed by atoms with Gasteiger partial charge in [0.2, 0.25) is 5.91 Å². The number of aromatic nitrogens is 1. The zero-order valence-corrected chi connectivity index (χ0v) is 14.7. The molecule has 0 saturated carbocycles. The van der Waals surface area contributed by atoms with Crippen molar-refractivity contribution in [2.75, 3.05) is 39.9 Å². The number of amides is 1. The molecule has 1 amide bonds. The predicted octanol–water partition coefficient (Wildman–Crippen LogP) is 1.78. The second kappa shape index (κ2) is 8.60. The Labute approximate surface area is 137 Å². The third kappa shape index (κ3) is 5.34. The molecule has 2 rings (SSSR count). The van der Waals surface area contributed by atoms with Gasteiger partial charge in [0.25, 0.3) is 0 Å². The summed E-state index contributed by atoms with van der Waals surface area (Å²) in [4.78, 5) is 20.0. The number of carbonyl (C=O) groups excluding carboxylic acids is 1. The fourth-order valence-corrected chi connectivity index (χ4v) is 3.85. The number of carbonyl (C=O) groups is 1. The second-order valence-corrected chi connectivity index (χ2v) is 7.31. The summed E-state index contributed by atoms with van der Waals surface area (Å²) in [6.07, 6.45) is 2.72. The van der Waals surface area contributed by atoms with E-state index in [0.29, 0.717) is 12.3 Å². The van der Waals surface area contributed by atoms with Gasteiger partial charge in [-0.3, -0.25) is 4.79 Å². The molecule has 1 fully saturated rings. The highest BCUT2D eigenvalue weighted by molar-refractivity contribution is 7.11. The largest absolute Gasteiger partial charge is 0.385 e. The van der Waals surface area contributed by atoms with Crippen molar-refractivity contribution in [3.05, 3.63) is 15.6 Å². The number of likely N-dealkylation sites (tertiary alicyclic amines) is 1. The van der Waals surface area contributed by atoms with Gasteiger partial charge in [0, 0.05) is 38.2 Å². The Bertz CT molecular complexity index is 490. The third-order valence-corrected chi connectivity index (χ3v) is 5.17. The fraction of sp³-hybridized carbons (Fsp3) is 0.750. The topological polar surface area (TPSA) is 54.5 Å². The predicted molar refractivity (Wildman–Crippen MR) is 89.3 cm³/mol. The Hall–Kier alpha value is -0.980. The number of rotatable bonds is 8. The first-order chi connectivity index (χ1) is 10.6. The van der Waals surface area contributed by atoms with E-state index in [4.69, 9.17) is 4.74 Å². The molecule has 1 aliphatic heterocycles. The minimum atomic E-state index is 0.115. The van der Waals surface area contributed by atoms with Crippen molar-refractivity contribution in [2.24, 2.45) is 5.92 Å². The van der Waals surface area contributed by atoms with Crippen molar-refractivity contribution in [3.63, 3.8) is 0 Å². The summed E-state index contributed by atoms with van der Waals surface area (Å²) >= 11 is 1.62.